The zero-order valence-electron chi connectivity index (χ0n) is 15.6. The second-order valence-electron chi connectivity index (χ2n) is 8.43. The van der Waals surface area contributed by atoms with Gasteiger partial charge >= 0.3 is 0 Å². The predicted octanol–water partition coefficient (Wildman–Crippen LogP) is 2.19. The molecule has 0 bridgehead atoms. The maximum atomic E-state index is 11.5. The van der Waals surface area contributed by atoms with Crippen molar-refractivity contribution in [1.82, 2.24) is 10.2 Å². The van der Waals surface area contributed by atoms with E-state index in [4.69, 9.17) is 10.5 Å². The van der Waals surface area contributed by atoms with Gasteiger partial charge in [0.05, 0.1) is 18.1 Å². The van der Waals surface area contributed by atoms with Crippen molar-refractivity contribution in [3.05, 3.63) is 35.4 Å². The van der Waals surface area contributed by atoms with Gasteiger partial charge in [0.2, 0.25) is 5.91 Å². The third-order valence-corrected chi connectivity index (χ3v) is 6.37. The molecule has 2 heterocycles. The second kappa shape index (κ2) is 7.67. The average molecular weight is 357 g/mol. The molecular formula is C21H31N3O2. The highest BCUT2D eigenvalue weighted by Crippen LogP contribution is 2.43. The van der Waals surface area contributed by atoms with E-state index in [1.54, 1.807) is 0 Å². The van der Waals surface area contributed by atoms with E-state index in [1.807, 2.05) is 0 Å². The summed E-state index contributed by atoms with van der Waals surface area (Å²) < 4.78 is 6.02. The van der Waals surface area contributed by atoms with Crippen molar-refractivity contribution in [3.8, 4) is 0 Å². The number of carbonyl (C=O) groups is 1. The molecule has 3 N–H and O–H groups in total. The van der Waals surface area contributed by atoms with E-state index in [2.05, 4.69) is 34.5 Å². The maximum absolute atomic E-state index is 11.5. The summed E-state index contributed by atoms with van der Waals surface area (Å²) in [4.78, 5) is 13.8. The number of carbonyl (C=O) groups excluding carboxylic acids is 1. The molecular weight excluding hydrogens is 326 g/mol. The number of rotatable bonds is 6. The molecule has 1 saturated carbocycles. The van der Waals surface area contributed by atoms with Crippen LogP contribution in [0.25, 0.3) is 0 Å². The highest BCUT2D eigenvalue weighted by molar-refractivity contribution is 5.76. The lowest BCUT2D eigenvalue weighted by Crippen LogP contribution is -2.40. The van der Waals surface area contributed by atoms with Crippen molar-refractivity contribution >= 4 is 5.91 Å². The summed E-state index contributed by atoms with van der Waals surface area (Å²) in [6, 6.07) is 9.28. The van der Waals surface area contributed by atoms with E-state index in [9.17, 15) is 4.79 Å². The first-order chi connectivity index (χ1) is 12.6. The molecule has 0 aromatic heterocycles. The Hall–Kier alpha value is -1.43. The summed E-state index contributed by atoms with van der Waals surface area (Å²) in [5.41, 5.74) is 8.34. The van der Waals surface area contributed by atoms with Crippen LogP contribution in [0.5, 0.6) is 0 Å². The van der Waals surface area contributed by atoms with Gasteiger partial charge in [-0.25, -0.2) is 0 Å². The van der Waals surface area contributed by atoms with Gasteiger partial charge in [0.1, 0.15) is 0 Å². The van der Waals surface area contributed by atoms with Crippen molar-refractivity contribution < 1.29 is 9.53 Å². The van der Waals surface area contributed by atoms with E-state index in [0.717, 1.165) is 52.0 Å². The number of benzene rings is 1. The van der Waals surface area contributed by atoms with Gasteiger partial charge in [-0.1, -0.05) is 24.3 Å². The molecule has 1 aromatic carbocycles. The fourth-order valence-electron chi connectivity index (χ4n) is 4.68. The van der Waals surface area contributed by atoms with Gasteiger partial charge in [-0.15, -0.1) is 0 Å². The highest BCUT2D eigenvalue weighted by Gasteiger charge is 2.44. The van der Waals surface area contributed by atoms with Crippen LogP contribution in [0.2, 0.25) is 0 Å². The summed E-state index contributed by atoms with van der Waals surface area (Å²) in [5, 5.41) is 3.67. The molecule has 3 fully saturated rings. The van der Waals surface area contributed by atoms with Gasteiger partial charge in [-0.05, 0) is 56.2 Å². The number of hydrogen-bond donors (Lipinski definition) is 2. The van der Waals surface area contributed by atoms with Crippen LogP contribution in [0.15, 0.2) is 24.3 Å². The third-order valence-electron chi connectivity index (χ3n) is 6.37. The first-order valence-electron chi connectivity index (χ1n) is 10.1. The molecule has 1 spiro atoms. The highest BCUT2D eigenvalue weighted by atomic mass is 16.5. The van der Waals surface area contributed by atoms with E-state index in [-0.39, 0.29) is 17.4 Å². The van der Waals surface area contributed by atoms with E-state index in [0.29, 0.717) is 6.04 Å². The zero-order chi connectivity index (χ0) is 18.0. The maximum Gasteiger partial charge on any atom is 0.221 e. The topological polar surface area (TPSA) is 67.6 Å². The van der Waals surface area contributed by atoms with Crippen LogP contribution in [0.1, 0.15) is 49.7 Å². The van der Waals surface area contributed by atoms with Crippen LogP contribution in [0.3, 0.4) is 0 Å². The second-order valence-corrected chi connectivity index (χ2v) is 8.43. The molecule has 2 saturated heterocycles. The Morgan fingerprint density at radius 2 is 2.15 bits per heavy atom. The van der Waals surface area contributed by atoms with Crippen LogP contribution in [-0.2, 0) is 22.6 Å². The van der Waals surface area contributed by atoms with E-state index < -0.39 is 0 Å². The summed E-state index contributed by atoms with van der Waals surface area (Å²) in [6.07, 6.45) is 6.95. The minimum absolute atomic E-state index is 0.00907. The van der Waals surface area contributed by atoms with Crippen LogP contribution >= 0.6 is 0 Å². The molecule has 26 heavy (non-hydrogen) atoms. The number of likely N-dealkylation sites (tertiary alicyclic amines) is 1. The quantitative estimate of drug-likeness (QED) is 0.819. The molecule has 2 aliphatic heterocycles. The molecule has 3 aliphatic rings. The Labute approximate surface area is 156 Å². The molecule has 5 heteroatoms. The smallest absolute Gasteiger partial charge is 0.221 e. The van der Waals surface area contributed by atoms with Gasteiger partial charge in [0.25, 0.3) is 0 Å². The van der Waals surface area contributed by atoms with E-state index in [1.165, 1.54) is 30.4 Å². The van der Waals surface area contributed by atoms with Crippen molar-refractivity contribution in [2.75, 3.05) is 19.7 Å². The van der Waals surface area contributed by atoms with Crippen molar-refractivity contribution in [3.63, 3.8) is 0 Å². The Bertz CT molecular complexity index is 644. The lowest BCUT2D eigenvalue weighted by atomic mass is 9.77. The monoisotopic (exact) mass is 357 g/mol. The summed E-state index contributed by atoms with van der Waals surface area (Å²) >= 11 is 0. The van der Waals surface area contributed by atoms with Gasteiger partial charge in [-0.2, -0.15) is 0 Å². The van der Waals surface area contributed by atoms with Crippen LogP contribution < -0.4 is 11.1 Å². The minimum atomic E-state index is -0.157. The number of nitrogens with two attached hydrogens (primary N) is 1. The summed E-state index contributed by atoms with van der Waals surface area (Å²) in [7, 11) is 0. The molecule has 2 atom stereocenters. The summed E-state index contributed by atoms with van der Waals surface area (Å²) in [5.74, 6) is -0.148. The molecule has 1 aliphatic carbocycles. The largest absolute Gasteiger partial charge is 0.373 e. The Morgan fingerprint density at radius 1 is 1.31 bits per heavy atom. The van der Waals surface area contributed by atoms with E-state index >= 15 is 0 Å². The number of nitrogens with one attached hydrogen (secondary N) is 1. The SMILES string of the molecule is NC(=O)C1CCCN(Cc2cccc(CNC3COC4(CCC4)C3)c2)C1. The average Bonchev–Trinajstić information content (AvgIpc) is 3.06. The predicted molar refractivity (Wildman–Crippen MR) is 101 cm³/mol. The van der Waals surface area contributed by atoms with Crippen LogP contribution in [-0.4, -0.2) is 42.1 Å². The molecule has 2 unspecified atom stereocenters. The van der Waals surface area contributed by atoms with Gasteiger partial charge in [0.15, 0.2) is 0 Å². The standard InChI is InChI=1S/C21H31N3O2/c22-20(25)18-6-2-9-24(14-18)13-17-5-1-4-16(10-17)12-23-19-11-21(26-15-19)7-3-8-21/h1,4-5,10,18-19,23H,2-3,6-9,11-15H2,(H2,22,25). The Balaban J connectivity index is 1.28. The number of piperidine rings is 1. The third kappa shape index (κ3) is 4.11. The number of ether oxygens (including phenoxy) is 1. The fraction of sp³-hybridized carbons (Fsp3) is 0.667. The first-order valence-corrected chi connectivity index (χ1v) is 10.1. The lowest BCUT2D eigenvalue weighted by Gasteiger charge is -2.37. The normalized spacial score (nSPS) is 28.2. The molecule has 0 radical (unpaired) electrons. The van der Waals surface area contributed by atoms with Crippen molar-refractivity contribution in [1.29, 1.82) is 0 Å². The molecule has 1 aromatic rings. The molecule has 1 amide bonds. The summed E-state index contributed by atoms with van der Waals surface area (Å²) in [6.45, 7) is 4.48. The zero-order valence-corrected chi connectivity index (χ0v) is 15.6. The van der Waals surface area contributed by atoms with Gasteiger partial charge < -0.3 is 15.8 Å². The fourth-order valence-corrected chi connectivity index (χ4v) is 4.68. The Kier molecular flexibility index (Phi) is 5.30. The molecule has 4 rings (SSSR count). The number of amides is 1. The minimum Gasteiger partial charge on any atom is -0.373 e. The molecule has 5 nitrogen and oxygen atoms in total. The van der Waals surface area contributed by atoms with Crippen molar-refractivity contribution in [2.24, 2.45) is 11.7 Å². The van der Waals surface area contributed by atoms with Crippen molar-refractivity contribution in [2.45, 2.75) is 63.3 Å². The lowest BCUT2D eigenvalue weighted by molar-refractivity contribution is -0.123. The number of hydrogen-bond acceptors (Lipinski definition) is 4. The number of primary amides is 1. The van der Waals surface area contributed by atoms with Crippen LogP contribution in [0.4, 0.5) is 0 Å². The van der Waals surface area contributed by atoms with Gasteiger partial charge in [-0.3, -0.25) is 9.69 Å². The number of nitrogens with zero attached hydrogens (tertiary/aromatic N) is 1. The molecule has 142 valence electrons. The Morgan fingerprint density at radius 3 is 2.88 bits per heavy atom. The van der Waals surface area contributed by atoms with Crippen LogP contribution in [0, 0.1) is 5.92 Å². The first kappa shape index (κ1) is 18.0. The van der Waals surface area contributed by atoms with Gasteiger partial charge in [0, 0.05) is 25.7 Å².